The van der Waals surface area contributed by atoms with Crippen LogP contribution in [-0.2, 0) is 4.74 Å². The van der Waals surface area contributed by atoms with Crippen LogP contribution in [0.4, 0.5) is 5.69 Å². The van der Waals surface area contributed by atoms with Crippen molar-refractivity contribution in [2.24, 2.45) is 0 Å². The second-order valence-electron chi connectivity index (χ2n) is 8.30. The van der Waals surface area contributed by atoms with Gasteiger partial charge in [-0.25, -0.2) is 0 Å². The highest BCUT2D eigenvalue weighted by Gasteiger charge is 2.41. The van der Waals surface area contributed by atoms with Gasteiger partial charge in [-0.15, -0.1) is 0 Å². The molecule has 0 radical (unpaired) electrons. The number of ether oxygens (including phenoxy) is 3. The second-order valence-corrected chi connectivity index (χ2v) is 8.30. The third-order valence-corrected chi connectivity index (χ3v) is 6.49. The van der Waals surface area contributed by atoms with Crippen LogP contribution in [0.1, 0.15) is 65.0 Å². The molecule has 2 aromatic carbocycles. The third kappa shape index (κ3) is 3.65. The Hall–Kier alpha value is -3.25. The van der Waals surface area contributed by atoms with Crippen molar-refractivity contribution in [1.29, 1.82) is 0 Å². The monoisotopic (exact) mass is 433 g/mol. The van der Waals surface area contributed by atoms with Gasteiger partial charge in [0.25, 0.3) is 5.91 Å². The van der Waals surface area contributed by atoms with Crippen molar-refractivity contribution >= 4 is 11.6 Å². The zero-order valence-electron chi connectivity index (χ0n) is 18.3. The van der Waals surface area contributed by atoms with Crippen molar-refractivity contribution in [3.05, 3.63) is 77.2 Å². The molecule has 1 aliphatic carbocycles. The zero-order valence-corrected chi connectivity index (χ0v) is 18.3. The number of amides is 1. The van der Waals surface area contributed by atoms with Crippen LogP contribution in [0.3, 0.4) is 0 Å². The number of nitrogens with one attached hydrogen (secondary N) is 1. The van der Waals surface area contributed by atoms with Gasteiger partial charge in [-0.2, -0.15) is 0 Å². The SMILES string of the molecule is COc1ccc(OC)c2c1[C@@H](c1cccc(NC(=O)c3ccco3)c1)O[C@H]1CCCC[C@@H]21. The molecule has 0 saturated heterocycles. The van der Waals surface area contributed by atoms with Crippen molar-refractivity contribution in [2.75, 3.05) is 19.5 Å². The molecule has 6 nitrogen and oxygen atoms in total. The fourth-order valence-corrected chi connectivity index (χ4v) is 5.06. The molecule has 1 aliphatic heterocycles. The van der Waals surface area contributed by atoms with E-state index in [0.717, 1.165) is 41.9 Å². The quantitative estimate of drug-likeness (QED) is 0.559. The lowest BCUT2D eigenvalue weighted by Crippen LogP contribution is -2.34. The molecule has 2 heterocycles. The Labute approximate surface area is 187 Å². The number of hydrogen-bond acceptors (Lipinski definition) is 5. The first kappa shape index (κ1) is 20.6. The number of furan rings is 1. The maximum atomic E-state index is 12.5. The predicted molar refractivity (Wildman–Crippen MR) is 121 cm³/mol. The van der Waals surface area contributed by atoms with Crippen molar-refractivity contribution in [3.63, 3.8) is 0 Å². The summed E-state index contributed by atoms with van der Waals surface area (Å²) in [6, 6.07) is 15.0. The Bertz CT molecular complexity index is 1110. The number of carbonyl (C=O) groups is 1. The highest BCUT2D eigenvalue weighted by atomic mass is 16.5. The molecular formula is C26H27NO5. The van der Waals surface area contributed by atoms with Crippen LogP contribution < -0.4 is 14.8 Å². The van der Waals surface area contributed by atoms with E-state index in [0.29, 0.717) is 11.6 Å². The lowest BCUT2D eigenvalue weighted by Gasteiger charge is -2.42. The highest BCUT2D eigenvalue weighted by Crippen LogP contribution is 2.52. The molecule has 1 aromatic heterocycles. The fourth-order valence-electron chi connectivity index (χ4n) is 5.06. The van der Waals surface area contributed by atoms with Crippen molar-refractivity contribution in [2.45, 2.75) is 43.8 Å². The summed E-state index contributed by atoms with van der Waals surface area (Å²) < 4.78 is 23.5. The molecule has 5 rings (SSSR count). The van der Waals surface area contributed by atoms with E-state index in [2.05, 4.69) is 5.32 Å². The molecule has 166 valence electrons. The van der Waals surface area contributed by atoms with Crippen molar-refractivity contribution in [3.8, 4) is 11.5 Å². The molecule has 32 heavy (non-hydrogen) atoms. The van der Waals surface area contributed by atoms with Gasteiger partial charge in [-0.3, -0.25) is 4.79 Å². The van der Waals surface area contributed by atoms with Crippen molar-refractivity contribution in [1.82, 2.24) is 0 Å². The van der Waals surface area contributed by atoms with Gasteiger partial charge in [-0.1, -0.05) is 25.0 Å². The Balaban J connectivity index is 1.56. The summed E-state index contributed by atoms with van der Waals surface area (Å²) in [5.41, 5.74) is 3.85. The smallest absolute Gasteiger partial charge is 0.291 e. The van der Waals surface area contributed by atoms with Crippen molar-refractivity contribution < 1.29 is 23.4 Å². The highest BCUT2D eigenvalue weighted by molar-refractivity contribution is 6.02. The Morgan fingerprint density at radius 1 is 0.969 bits per heavy atom. The number of fused-ring (bicyclic) bond motifs is 3. The number of hydrogen-bond donors (Lipinski definition) is 1. The molecule has 3 aromatic rings. The van der Waals surface area contributed by atoms with Gasteiger partial charge in [0.2, 0.25) is 0 Å². The maximum Gasteiger partial charge on any atom is 0.291 e. The lowest BCUT2D eigenvalue weighted by atomic mass is 9.75. The van der Waals surface area contributed by atoms with Crippen LogP contribution in [0.2, 0.25) is 0 Å². The molecule has 1 fully saturated rings. The van der Waals surface area contributed by atoms with Gasteiger partial charge >= 0.3 is 0 Å². The molecule has 6 heteroatoms. The topological polar surface area (TPSA) is 69.9 Å². The van der Waals surface area contributed by atoms with E-state index in [-0.39, 0.29) is 23.9 Å². The summed E-state index contributed by atoms with van der Waals surface area (Å²) in [7, 11) is 3.40. The average Bonchev–Trinajstić information content (AvgIpc) is 3.38. The van der Waals surface area contributed by atoms with Gasteiger partial charge in [0.05, 0.1) is 26.6 Å². The summed E-state index contributed by atoms with van der Waals surface area (Å²) in [6.07, 6.45) is 5.75. The van der Waals surface area contributed by atoms with E-state index in [1.807, 2.05) is 36.4 Å². The van der Waals surface area contributed by atoms with E-state index in [4.69, 9.17) is 18.6 Å². The zero-order chi connectivity index (χ0) is 22.1. The average molecular weight is 434 g/mol. The number of benzene rings is 2. The number of methoxy groups -OCH3 is 2. The molecule has 3 atom stereocenters. The van der Waals surface area contributed by atoms with E-state index >= 15 is 0 Å². The number of rotatable bonds is 5. The fraction of sp³-hybridized carbons (Fsp3) is 0.346. The minimum Gasteiger partial charge on any atom is -0.496 e. The molecular weight excluding hydrogens is 406 g/mol. The Morgan fingerprint density at radius 2 is 1.75 bits per heavy atom. The first-order chi connectivity index (χ1) is 15.7. The van der Waals surface area contributed by atoms with Crippen LogP contribution in [0.25, 0.3) is 0 Å². The lowest BCUT2D eigenvalue weighted by molar-refractivity contribution is -0.0406. The first-order valence-corrected chi connectivity index (χ1v) is 11.0. The summed E-state index contributed by atoms with van der Waals surface area (Å²) in [6.45, 7) is 0. The first-order valence-electron chi connectivity index (χ1n) is 11.0. The van der Waals surface area contributed by atoms with Crippen LogP contribution in [0.15, 0.2) is 59.2 Å². The molecule has 0 bridgehead atoms. The van der Waals surface area contributed by atoms with Gasteiger partial charge in [0.15, 0.2) is 5.76 Å². The maximum absolute atomic E-state index is 12.5. The standard InChI is InChI=1S/C26H27NO5/c1-29-20-12-13-21(30-2)24-23(20)18-9-3-4-10-19(18)32-25(24)16-7-5-8-17(15-16)27-26(28)22-11-6-14-31-22/h5-8,11-15,18-19,25H,3-4,9-10H2,1-2H3,(H,27,28)/t18-,19+,25-/m1/s1. The van der Waals surface area contributed by atoms with Crippen LogP contribution in [-0.4, -0.2) is 26.2 Å². The molecule has 0 spiro atoms. The number of carbonyl (C=O) groups excluding carboxylic acids is 1. The van der Waals surface area contributed by atoms with Gasteiger partial charge in [0, 0.05) is 22.7 Å². The Morgan fingerprint density at radius 3 is 2.50 bits per heavy atom. The second kappa shape index (κ2) is 8.71. The van der Waals surface area contributed by atoms with E-state index < -0.39 is 0 Å². The van der Waals surface area contributed by atoms with Crippen LogP contribution in [0, 0.1) is 0 Å². The van der Waals surface area contributed by atoms with Crippen LogP contribution >= 0.6 is 0 Å². The normalized spacial score (nSPS) is 21.9. The summed E-state index contributed by atoms with van der Waals surface area (Å²) in [5, 5.41) is 2.91. The molecule has 1 saturated carbocycles. The molecule has 0 unspecified atom stereocenters. The molecule has 1 amide bonds. The largest absolute Gasteiger partial charge is 0.496 e. The summed E-state index contributed by atoms with van der Waals surface area (Å²) in [4.78, 5) is 12.5. The summed E-state index contributed by atoms with van der Waals surface area (Å²) >= 11 is 0. The predicted octanol–water partition coefficient (Wildman–Crippen LogP) is 5.69. The van der Waals surface area contributed by atoms with E-state index in [9.17, 15) is 4.79 Å². The minimum atomic E-state index is -0.310. The van der Waals surface area contributed by atoms with E-state index in [1.165, 1.54) is 18.2 Å². The molecule has 1 N–H and O–H groups in total. The Kier molecular flexibility index (Phi) is 5.62. The number of anilines is 1. The van der Waals surface area contributed by atoms with E-state index in [1.54, 1.807) is 26.4 Å². The third-order valence-electron chi connectivity index (χ3n) is 6.49. The van der Waals surface area contributed by atoms with Crippen LogP contribution in [0.5, 0.6) is 11.5 Å². The van der Waals surface area contributed by atoms with Gasteiger partial charge in [0.1, 0.15) is 17.6 Å². The van der Waals surface area contributed by atoms with Gasteiger partial charge in [-0.05, 0) is 54.8 Å². The molecule has 2 aliphatic rings. The minimum absolute atomic E-state index is 0.128. The van der Waals surface area contributed by atoms with Gasteiger partial charge < -0.3 is 23.9 Å². The summed E-state index contributed by atoms with van der Waals surface area (Å²) in [5.74, 6) is 1.95.